The maximum absolute atomic E-state index is 12.2. The van der Waals surface area contributed by atoms with Crippen molar-refractivity contribution in [2.24, 2.45) is 0 Å². The highest BCUT2D eigenvalue weighted by molar-refractivity contribution is 7.98. The van der Waals surface area contributed by atoms with E-state index in [9.17, 15) is 18.0 Å². The van der Waals surface area contributed by atoms with Gasteiger partial charge in [0, 0.05) is 6.54 Å². The largest absolute Gasteiger partial charge is 0.445 e. The Bertz CT molecular complexity index is 385. The fraction of sp³-hybridized carbons (Fsp3) is 0.750. The third kappa shape index (κ3) is 3.82. The molecular formula is C8H11F3N2OS2. The zero-order valence-corrected chi connectivity index (χ0v) is 10.2. The average Bonchev–Trinajstić information content (AvgIpc) is 2.55. The minimum atomic E-state index is -4.52. The van der Waals surface area contributed by atoms with Crippen molar-refractivity contribution >= 4 is 23.1 Å². The Labute approximate surface area is 98.7 Å². The zero-order valence-electron chi connectivity index (χ0n) is 8.58. The lowest BCUT2D eigenvalue weighted by Crippen LogP contribution is -2.15. The van der Waals surface area contributed by atoms with E-state index in [0.29, 0.717) is 6.42 Å². The van der Waals surface area contributed by atoms with Gasteiger partial charge < -0.3 is 0 Å². The molecule has 1 aromatic rings. The van der Waals surface area contributed by atoms with Crippen LogP contribution in [0.25, 0.3) is 0 Å². The summed E-state index contributed by atoms with van der Waals surface area (Å²) in [5, 5.41) is 2.20. The molecule has 8 heteroatoms. The Morgan fingerprint density at radius 1 is 1.44 bits per heavy atom. The van der Waals surface area contributed by atoms with Crippen molar-refractivity contribution in [3.63, 3.8) is 0 Å². The van der Waals surface area contributed by atoms with Gasteiger partial charge in [-0.3, -0.25) is 4.79 Å². The van der Waals surface area contributed by atoms with Crippen molar-refractivity contribution < 1.29 is 13.2 Å². The second-order valence-electron chi connectivity index (χ2n) is 3.09. The molecule has 0 spiro atoms. The molecule has 0 aliphatic carbocycles. The van der Waals surface area contributed by atoms with Gasteiger partial charge in [-0.25, -0.2) is 4.68 Å². The number of aromatic nitrogens is 2. The van der Waals surface area contributed by atoms with Gasteiger partial charge >= 0.3 is 11.0 Å². The van der Waals surface area contributed by atoms with E-state index in [2.05, 4.69) is 5.10 Å². The lowest BCUT2D eigenvalue weighted by Gasteiger charge is -2.00. The Morgan fingerprint density at radius 2 is 2.12 bits per heavy atom. The third-order valence-electron chi connectivity index (χ3n) is 1.82. The minimum absolute atomic E-state index is 0.151. The molecule has 1 heterocycles. The molecule has 0 amide bonds. The molecular weight excluding hydrogens is 261 g/mol. The number of hydrogen-bond donors (Lipinski definition) is 0. The molecule has 16 heavy (non-hydrogen) atoms. The van der Waals surface area contributed by atoms with Crippen LogP contribution in [0.4, 0.5) is 13.2 Å². The van der Waals surface area contributed by atoms with E-state index in [1.807, 2.05) is 6.26 Å². The Hall–Kier alpha value is -0.500. The first-order valence-electron chi connectivity index (χ1n) is 4.59. The van der Waals surface area contributed by atoms with Gasteiger partial charge in [0.1, 0.15) is 0 Å². The van der Waals surface area contributed by atoms with E-state index in [4.69, 9.17) is 0 Å². The van der Waals surface area contributed by atoms with Gasteiger partial charge in [-0.05, 0) is 36.2 Å². The molecule has 0 aromatic carbocycles. The quantitative estimate of drug-likeness (QED) is 0.772. The predicted octanol–water partition coefficient (Wildman–Crippen LogP) is 2.47. The number of thioether (sulfide) groups is 1. The molecule has 0 aliphatic rings. The molecule has 1 rings (SSSR count). The maximum Gasteiger partial charge on any atom is 0.445 e. The summed E-state index contributed by atoms with van der Waals surface area (Å²) in [6.07, 6.45) is -1.03. The summed E-state index contributed by atoms with van der Waals surface area (Å²) in [6, 6.07) is 0. The van der Waals surface area contributed by atoms with Crippen molar-refractivity contribution in [1.82, 2.24) is 9.78 Å². The van der Waals surface area contributed by atoms with Crippen LogP contribution in [0, 0.1) is 0 Å². The van der Waals surface area contributed by atoms with Crippen LogP contribution < -0.4 is 4.87 Å². The molecule has 1 aromatic heterocycles. The first-order valence-corrected chi connectivity index (χ1v) is 6.80. The van der Waals surface area contributed by atoms with E-state index < -0.39 is 16.1 Å². The highest BCUT2D eigenvalue weighted by atomic mass is 32.2. The molecule has 92 valence electrons. The molecule has 0 saturated heterocycles. The van der Waals surface area contributed by atoms with Gasteiger partial charge in [-0.15, -0.1) is 0 Å². The summed E-state index contributed by atoms with van der Waals surface area (Å²) in [5.74, 6) is 0.936. The molecule has 0 atom stereocenters. The highest BCUT2D eigenvalue weighted by Gasteiger charge is 2.36. The lowest BCUT2D eigenvalue weighted by atomic mass is 10.3. The third-order valence-corrected chi connectivity index (χ3v) is 3.41. The van der Waals surface area contributed by atoms with Crippen LogP contribution in [-0.4, -0.2) is 21.8 Å². The van der Waals surface area contributed by atoms with E-state index in [0.717, 1.165) is 16.9 Å². The molecule has 0 saturated carbocycles. The van der Waals surface area contributed by atoms with Crippen molar-refractivity contribution in [1.29, 1.82) is 0 Å². The summed E-state index contributed by atoms with van der Waals surface area (Å²) in [7, 11) is 0. The summed E-state index contributed by atoms with van der Waals surface area (Å²) in [4.78, 5) is 10.5. The number of nitrogens with zero attached hydrogens (tertiary/aromatic N) is 2. The number of unbranched alkanes of at least 4 members (excludes halogenated alkanes) is 1. The first-order chi connectivity index (χ1) is 7.45. The van der Waals surface area contributed by atoms with E-state index >= 15 is 0 Å². The maximum atomic E-state index is 12.2. The fourth-order valence-corrected chi connectivity index (χ4v) is 2.22. The van der Waals surface area contributed by atoms with E-state index in [-0.39, 0.29) is 17.9 Å². The van der Waals surface area contributed by atoms with Crippen LogP contribution in [0.2, 0.25) is 0 Å². The molecule has 0 N–H and O–H groups in total. The van der Waals surface area contributed by atoms with Gasteiger partial charge in [0.2, 0.25) is 5.01 Å². The number of rotatable bonds is 5. The smallest absolute Gasteiger partial charge is 0.255 e. The molecule has 0 bridgehead atoms. The van der Waals surface area contributed by atoms with Crippen LogP contribution in [0.1, 0.15) is 17.8 Å². The van der Waals surface area contributed by atoms with E-state index in [1.54, 1.807) is 11.8 Å². The molecule has 0 aliphatic heterocycles. The standard InChI is InChI=1S/C8H11F3N2OS2/c1-15-5-3-2-4-13-7(14)16-6(12-13)8(9,10)11/h2-5H2,1H3. The minimum Gasteiger partial charge on any atom is -0.255 e. The predicted molar refractivity (Wildman–Crippen MR) is 59.0 cm³/mol. The average molecular weight is 272 g/mol. The van der Waals surface area contributed by atoms with Crippen LogP contribution in [-0.2, 0) is 12.7 Å². The fourth-order valence-electron chi connectivity index (χ4n) is 1.07. The van der Waals surface area contributed by atoms with Crippen LogP contribution in [0.5, 0.6) is 0 Å². The van der Waals surface area contributed by atoms with Crippen LogP contribution in [0.3, 0.4) is 0 Å². The Morgan fingerprint density at radius 3 is 2.62 bits per heavy atom. The normalized spacial score (nSPS) is 12.0. The van der Waals surface area contributed by atoms with Gasteiger partial charge in [0.05, 0.1) is 0 Å². The zero-order chi connectivity index (χ0) is 12.2. The van der Waals surface area contributed by atoms with Crippen molar-refractivity contribution in [3.05, 3.63) is 14.7 Å². The summed E-state index contributed by atoms with van der Waals surface area (Å²) >= 11 is 1.82. The number of aryl methyl sites for hydroxylation is 1. The van der Waals surface area contributed by atoms with Gasteiger partial charge in [-0.1, -0.05) is 0 Å². The Kier molecular flexibility index (Phi) is 4.85. The van der Waals surface area contributed by atoms with Crippen LogP contribution in [0.15, 0.2) is 4.79 Å². The van der Waals surface area contributed by atoms with Gasteiger partial charge in [0.25, 0.3) is 0 Å². The van der Waals surface area contributed by atoms with Gasteiger partial charge in [0.15, 0.2) is 0 Å². The summed E-state index contributed by atoms with van der Waals surface area (Å²) in [5.41, 5.74) is 0. The summed E-state index contributed by atoms with van der Waals surface area (Å²) in [6.45, 7) is 0.256. The molecule has 3 nitrogen and oxygen atoms in total. The number of hydrogen-bond acceptors (Lipinski definition) is 4. The molecule has 0 radical (unpaired) electrons. The Balaban J connectivity index is 2.61. The SMILES string of the molecule is CSCCCCn1nc(C(F)(F)F)sc1=O. The van der Waals surface area contributed by atoms with E-state index in [1.165, 1.54) is 0 Å². The van der Waals surface area contributed by atoms with Crippen molar-refractivity contribution in [2.45, 2.75) is 25.6 Å². The van der Waals surface area contributed by atoms with Crippen molar-refractivity contribution in [2.75, 3.05) is 12.0 Å². The lowest BCUT2D eigenvalue weighted by molar-refractivity contribution is -0.138. The highest BCUT2D eigenvalue weighted by Crippen LogP contribution is 2.28. The second-order valence-corrected chi connectivity index (χ2v) is 5.02. The topological polar surface area (TPSA) is 34.9 Å². The number of halogens is 3. The monoisotopic (exact) mass is 272 g/mol. The van der Waals surface area contributed by atoms with Crippen molar-refractivity contribution in [3.8, 4) is 0 Å². The molecule has 0 unspecified atom stereocenters. The van der Waals surface area contributed by atoms with Gasteiger partial charge in [-0.2, -0.15) is 30.0 Å². The molecule has 0 fully saturated rings. The first kappa shape index (κ1) is 13.6. The second kappa shape index (κ2) is 5.72. The van der Waals surface area contributed by atoms with Crippen LogP contribution >= 0.6 is 23.1 Å². The number of alkyl halides is 3. The summed E-state index contributed by atoms with van der Waals surface area (Å²) < 4.78 is 37.5.